The molecular weight excluding hydrogens is 232 g/mol. The summed E-state index contributed by atoms with van der Waals surface area (Å²) < 4.78 is 2.04. The van der Waals surface area contributed by atoms with Gasteiger partial charge < -0.3 is 10.3 Å². The van der Waals surface area contributed by atoms with E-state index in [0.29, 0.717) is 6.54 Å². The van der Waals surface area contributed by atoms with Gasteiger partial charge in [-0.15, -0.1) is 10.2 Å². The highest BCUT2D eigenvalue weighted by atomic mass is 32.2. The standard InChI is InChI=1S/C12H16N4S/c1-16-11(9-10-5-3-2-4-6-10)14-15-12(16)17-8-7-13/h2-6H,7-9,13H2,1H3. The number of benzene rings is 1. The Bertz CT molecular complexity index is 467. The Morgan fingerprint density at radius 2 is 2.00 bits per heavy atom. The van der Waals surface area contributed by atoms with Gasteiger partial charge in [0.05, 0.1) is 0 Å². The monoisotopic (exact) mass is 248 g/mol. The Labute approximate surface area is 105 Å². The summed E-state index contributed by atoms with van der Waals surface area (Å²) in [5.41, 5.74) is 6.73. The van der Waals surface area contributed by atoms with E-state index in [2.05, 4.69) is 22.3 Å². The quantitative estimate of drug-likeness (QED) is 0.814. The largest absolute Gasteiger partial charge is 0.330 e. The molecule has 0 saturated carbocycles. The number of hydrogen-bond donors (Lipinski definition) is 1. The molecule has 0 atom stereocenters. The van der Waals surface area contributed by atoms with Gasteiger partial charge >= 0.3 is 0 Å². The first-order valence-corrected chi connectivity index (χ1v) is 6.55. The van der Waals surface area contributed by atoms with Crippen LogP contribution in [0.5, 0.6) is 0 Å². The normalized spacial score (nSPS) is 10.7. The second-order valence-corrected chi connectivity index (χ2v) is 4.82. The molecule has 0 fully saturated rings. The van der Waals surface area contributed by atoms with Crippen LogP contribution in [-0.4, -0.2) is 27.1 Å². The molecule has 90 valence electrons. The third-order valence-electron chi connectivity index (χ3n) is 2.48. The van der Waals surface area contributed by atoms with Crippen LogP contribution in [0.3, 0.4) is 0 Å². The van der Waals surface area contributed by atoms with Crippen LogP contribution in [0.1, 0.15) is 11.4 Å². The smallest absolute Gasteiger partial charge is 0.191 e. The van der Waals surface area contributed by atoms with E-state index < -0.39 is 0 Å². The van der Waals surface area contributed by atoms with Crippen LogP contribution in [-0.2, 0) is 13.5 Å². The minimum atomic E-state index is 0.658. The number of aromatic nitrogens is 3. The van der Waals surface area contributed by atoms with Crippen LogP contribution in [0.15, 0.2) is 35.5 Å². The predicted molar refractivity (Wildman–Crippen MR) is 70.0 cm³/mol. The van der Waals surface area contributed by atoms with E-state index in [4.69, 9.17) is 5.73 Å². The van der Waals surface area contributed by atoms with Gasteiger partial charge in [0.15, 0.2) is 5.16 Å². The molecule has 1 heterocycles. The first kappa shape index (κ1) is 12.1. The van der Waals surface area contributed by atoms with E-state index in [1.54, 1.807) is 11.8 Å². The number of nitrogens with zero attached hydrogens (tertiary/aromatic N) is 3. The molecule has 0 aliphatic heterocycles. The molecule has 0 radical (unpaired) electrons. The summed E-state index contributed by atoms with van der Waals surface area (Å²) in [5.74, 6) is 1.85. The van der Waals surface area contributed by atoms with Gasteiger partial charge in [0.1, 0.15) is 5.82 Å². The lowest BCUT2D eigenvalue weighted by Crippen LogP contribution is -2.04. The van der Waals surface area contributed by atoms with Crippen molar-refractivity contribution in [3.8, 4) is 0 Å². The van der Waals surface area contributed by atoms with Crippen molar-refractivity contribution in [3.05, 3.63) is 41.7 Å². The SMILES string of the molecule is Cn1c(Cc2ccccc2)nnc1SCCN. The molecule has 17 heavy (non-hydrogen) atoms. The molecule has 4 nitrogen and oxygen atoms in total. The van der Waals surface area contributed by atoms with Crippen LogP contribution in [0.2, 0.25) is 0 Å². The fraction of sp³-hybridized carbons (Fsp3) is 0.333. The van der Waals surface area contributed by atoms with Crippen molar-refractivity contribution in [2.45, 2.75) is 11.6 Å². The van der Waals surface area contributed by atoms with E-state index >= 15 is 0 Å². The molecule has 0 spiro atoms. The van der Waals surface area contributed by atoms with Gasteiger partial charge in [-0.1, -0.05) is 42.1 Å². The van der Waals surface area contributed by atoms with Crippen molar-refractivity contribution in [2.75, 3.05) is 12.3 Å². The van der Waals surface area contributed by atoms with Crippen molar-refractivity contribution < 1.29 is 0 Å². The first-order valence-electron chi connectivity index (χ1n) is 5.56. The summed E-state index contributed by atoms with van der Waals surface area (Å²) in [4.78, 5) is 0. The van der Waals surface area contributed by atoms with Crippen molar-refractivity contribution in [1.82, 2.24) is 14.8 Å². The van der Waals surface area contributed by atoms with Gasteiger partial charge in [0.2, 0.25) is 0 Å². The molecule has 1 aromatic heterocycles. The van der Waals surface area contributed by atoms with Gasteiger partial charge in [0.25, 0.3) is 0 Å². The molecule has 2 rings (SSSR count). The Balaban J connectivity index is 2.09. The van der Waals surface area contributed by atoms with E-state index in [0.717, 1.165) is 23.2 Å². The lowest BCUT2D eigenvalue weighted by Gasteiger charge is -2.03. The van der Waals surface area contributed by atoms with Crippen LogP contribution >= 0.6 is 11.8 Å². The molecule has 0 amide bonds. The van der Waals surface area contributed by atoms with Crippen LogP contribution in [0.4, 0.5) is 0 Å². The third kappa shape index (κ3) is 3.08. The fourth-order valence-corrected chi connectivity index (χ4v) is 2.25. The molecule has 0 bridgehead atoms. The summed E-state index contributed by atoms with van der Waals surface area (Å²) in [5, 5.41) is 9.32. The number of thioether (sulfide) groups is 1. The molecule has 0 aliphatic rings. The van der Waals surface area contributed by atoms with Crippen LogP contribution < -0.4 is 5.73 Å². The summed E-state index contributed by atoms with van der Waals surface area (Å²) in [7, 11) is 2.00. The Kier molecular flexibility index (Phi) is 4.17. The summed E-state index contributed by atoms with van der Waals surface area (Å²) >= 11 is 1.64. The minimum absolute atomic E-state index is 0.658. The number of nitrogens with two attached hydrogens (primary N) is 1. The van der Waals surface area contributed by atoms with Crippen molar-refractivity contribution in [2.24, 2.45) is 12.8 Å². The highest BCUT2D eigenvalue weighted by molar-refractivity contribution is 7.99. The summed E-state index contributed by atoms with van der Waals surface area (Å²) in [6.45, 7) is 0.658. The van der Waals surface area contributed by atoms with Crippen molar-refractivity contribution in [3.63, 3.8) is 0 Å². The summed E-state index contributed by atoms with van der Waals surface area (Å²) in [6.07, 6.45) is 0.813. The van der Waals surface area contributed by atoms with Gasteiger partial charge in [-0.2, -0.15) is 0 Å². The summed E-state index contributed by atoms with van der Waals surface area (Å²) in [6, 6.07) is 10.3. The third-order valence-corrected chi connectivity index (χ3v) is 3.53. The lowest BCUT2D eigenvalue weighted by molar-refractivity contribution is 0.749. The van der Waals surface area contributed by atoms with E-state index in [9.17, 15) is 0 Å². The minimum Gasteiger partial charge on any atom is -0.330 e. The zero-order valence-electron chi connectivity index (χ0n) is 9.84. The maximum absolute atomic E-state index is 5.48. The van der Waals surface area contributed by atoms with E-state index in [1.165, 1.54) is 5.56 Å². The van der Waals surface area contributed by atoms with Gasteiger partial charge in [-0.05, 0) is 5.56 Å². The van der Waals surface area contributed by atoms with Crippen molar-refractivity contribution >= 4 is 11.8 Å². The van der Waals surface area contributed by atoms with E-state index in [1.807, 2.05) is 29.8 Å². The second-order valence-electron chi connectivity index (χ2n) is 3.76. The molecule has 0 aliphatic carbocycles. The molecular formula is C12H16N4S. The maximum atomic E-state index is 5.48. The average molecular weight is 248 g/mol. The van der Waals surface area contributed by atoms with Crippen molar-refractivity contribution in [1.29, 1.82) is 0 Å². The molecule has 2 aromatic rings. The molecule has 5 heteroatoms. The van der Waals surface area contributed by atoms with Gasteiger partial charge in [-0.25, -0.2) is 0 Å². The highest BCUT2D eigenvalue weighted by Gasteiger charge is 2.08. The maximum Gasteiger partial charge on any atom is 0.191 e. The molecule has 2 N–H and O–H groups in total. The number of hydrogen-bond acceptors (Lipinski definition) is 4. The molecule has 0 saturated heterocycles. The topological polar surface area (TPSA) is 56.7 Å². The molecule has 0 unspecified atom stereocenters. The van der Waals surface area contributed by atoms with Crippen LogP contribution in [0.25, 0.3) is 0 Å². The zero-order chi connectivity index (χ0) is 12.1. The van der Waals surface area contributed by atoms with Crippen LogP contribution in [0, 0.1) is 0 Å². The zero-order valence-corrected chi connectivity index (χ0v) is 10.7. The predicted octanol–water partition coefficient (Wildman–Crippen LogP) is 1.46. The van der Waals surface area contributed by atoms with Gasteiger partial charge in [0, 0.05) is 25.8 Å². The second kappa shape index (κ2) is 5.84. The Morgan fingerprint density at radius 1 is 1.24 bits per heavy atom. The average Bonchev–Trinajstić information content (AvgIpc) is 2.70. The van der Waals surface area contributed by atoms with Gasteiger partial charge in [-0.3, -0.25) is 0 Å². The highest BCUT2D eigenvalue weighted by Crippen LogP contribution is 2.16. The van der Waals surface area contributed by atoms with E-state index in [-0.39, 0.29) is 0 Å². The molecule has 1 aromatic carbocycles. The Morgan fingerprint density at radius 3 is 2.71 bits per heavy atom. The number of rotatable bonds is 5. The lowest BCUT2D eigenvalue weighted by atomic mass is 10.1. The Hall–Kier alpha value is -1.33. The first-order chi connectivity index (χ1) is 8.31. The fourth-order valence-electron chi connectivity index (χ4n) is 1.55.